The fourth-order valence-electron chi connectivity index (χ4n) is 3.20. The lowest BCUT2D eigenvalue weighted by atomic mass is 10.1. The topological polar surface area (TPSA) is 76.5 Å². The van der Waals surface area contributed by atoms with Crippen molar-refractivity contribution < 1.29 is 14.3 Å². The first kappa shape index (κ1) is 18.5. The largest absolute Gasteiger partial charge is 0.495 e. The number of methoxy groups -OCH3 is 1. The number of hydrogen-bond acceptors (Lipinski definition) is 4. The van der Waals surface area contributed by atoms with Crippen molar-refractivity contribution in [2.24, 2.45) is 0 Å². The van der Waals surface area contributed by atoms with Gasteiger partial charge in [-0.2, -0.15) is 0 Å². The van der Waals surface area contributed by atoms with Gasteiger partial charge in [0.05, 0.1) is 31.4 Å². The molecular formula is C22H20N4O3. The number of nitrogens with one attached hydrogen (secondary N) is 1. The first-order valence-electron chi connectivity index (χ1n) is 9.12. The molecule has 7 heteroatoms. The monoisotopic (exact) mass is 388 g/mol. The number of aryl methyl sites for hydroxylation is 1. The summed E-state index contributed by atoms with van der Waals surface area (Å²) in [6, 6.07) is 14.5. The molecule has 3 amide bonds. The zero-order valence-corrected chi connectivity index (χ0v) is 16.1. The Morgan fingerprint density at radius 2 is 1.93 bits per heavy atom. The fraction of sp³-hybridized carbons (Fsp3) is 0.136. The lowest BCUT2D eigenvalue weighted by Crippen LogP contribution is -2.30. The SMILES string of the molecule is COc1cc(C=C2NC(=O)N(Cc3ccccc3)C2=O)ccc1-n1cnc(C)c1. The summed E-state index contributed by atoms with van der Waals surface area (Å²) < 4.78 is 7.37. The van der Waals surface area contributed by atoms with Crippen molar-refractivity contribution in [1.29, 1.82) is 0 Å². The summed E-state index contributed by atoms with van der Waals surface area (Å²) >= 11 is 0. The number of rotatable bonds is 5. The molecule has 0 unspecified atom stereocenters. The number of benzene rings is 2. The zero-order chi connectivity index (χ0) is 20.4. The van der Waals surface area contributed by atoms with Crippen LogP contribution < -0.4 is 10.1 Å². The maximum Gasteiger partial charge on any atom is 0.329 e. The molecule has 29 heavy (non-hydrogen) atoms. The molecule has 7 nitrogen and oxygen atoms in total. The molecule has 1 N–H and O–H groups in total. The van der Waals surface area contributed by atoms with Gasteiger partial charge in [0.1, 0.15) is 11.4 Å². The molecular weight excluding hydrogens is 368 g/mol. The van der Waals surface area contributed by atoms with Gasteiger partial charge in [0.25, 0.3) is 5.91 Å². The van der Waals surface area contributed by atoms with Crippen LogP contribution in [0.4, 0.5) is 4.79 Å². The van der Waals surface area contributed by atoms with Gasteiger partial charge in [-0.05, 0) is 36.3 Å². The van der Waals surface area contributed by atoms with Crippen LogP contribution in [0.1, 0.15) is 16.8 Å². The normalized spacial score (nSPS) is 15.1. The van der Waals surface area contributed by atoms with Crippen molar-refractivity contribution >= 4 is 18.0 Å². The summed E-state index contributed by atoms with van der Waals surface area (Å²) in [6.07, 6.45) is 5.27. The van der Waals surface area contributed by atoms with Crippen LogP contribution in [0.15, 0.2) is 66.8 Å². The number of imide groups is 1. The molecule has 0 atom stereocenters. The molecule has 2 aromatic carbocycles. The Labute approximate surface area is 168 Å². The Morgan fingerprint density at radius 3 is 2.62 bits per heavy atom. The number of carbonyl (C=O) groups excluding carboxylic acids is 2. The minimum atomic E-state index is -0.428. The number of hydrogen-bond donors (Lipinski definition) is 1. The quantitative estimate of drug-likeness (QED) is 0.538. The van der Waals surface area contributed by atoms with Gasteiger partial charge < -0.3 is 14.6 Å². The minimum Gasteiger partial charge on any atom is -0.495 e. The van der Waals surface area contributed by atoms with Crippen LogP contribution in [0.25, 0.3) is 11.8 Å². The molecule has 0 radical (unpaired) electrons. The van der Waals surface area contributed by atoms with Gasteiger partial charge in [-0.15, -0.1) is 0 Å². The van der Waals surface area contributed by atoms with E-state index in [4.69, 9.17) is 4.74 Å². The molecule has 0 saturated carbocycles. The van der Waals surface area contributed by atoms with E-state index >= 15 is 0 Å². The summed E-state index contributed by atoms with van der Waals surface area (Å²) in [5, 5.41) is 2.65. The number of imidazole rings is 1. The summed E-state index contributed by atoms with van der Waals surface area (Å²) in [7, 11) is 1.59. The highest BCUT2D eigenvalue weighted by atomic mass is 16.5. The molecule has 0 bridgehead atoms. The molecule has 1 aromatic heterocycles. The lowest BCUT2D eigenvalue weighted by Gasteiger charge is -2.11. The Hall–Kier alpha value is -3.87. The molecule has 1 aliphatic heterocycles. The van der Waals surface area contributed by atoms with Gasteiger partial charge in [-0.25, -0.2) is 9.78 Å². The highest BCUT2D eigenvalue weighted by Crippen LogP contribution is 2.26. The van der Waals surface area contributed by atoms with E-state index in [9.17, 15) is 9.59 Å². The maximum atomic E-state index is 12.7. The van der Waals surface area contributed by atoms with E-state index in [1.54, 1.807) is 19.5 Å². The van der Waals surface area contributed by atoms with Crippen LogP contribution in [0, 0.1) is 6.92 Å². The highest BCUT2D eigenvalue weighted by Gasteiger charge is 2.33. The van der Waals surface area contributed by atoms with Gasteiger partial charge in [0.15, 0.2) is 0 Å². The van der Waals surface area contributed by atoms with Gasteiger partial charge >= 0.3 is 6.03 Å². The van der Waals surface area contributed by atoms with E-state index in [2.05, 4.69) is 10.3 Å². The average Bonchev–Trinajstić information content (AvgIpc) is 3.27. The molecule has 1 fully saturated rings. The van der Waals surface area contributed by atoms with Crippen molar-refractivity contribution in [3.8, 4) is 11.4 Å². The van der Waals surface area contributed by atoms with Crippen molar-refractivity contribution in [3.63, 3.8) is 0 Å². The summed E-state index contributed by atoms with van der Waals surface area (Å²) in [5.74, 6) is 0.279. The number of nitrogens with zero attached hydrogens (tertiary/aromatic N) is 3. The van der Waals surface area contributed by atoms with Crippen molar-refractivity contribution in [2.75, 3.05) is 7.11 Å². The Morgan fingerprint density at radius 1 is 1.14 bits per heavy atom. The molecule has 3 aromatic rings. The summed E-state index contributed by atoms with van der Waals surface area (Å²) in [5.41, 5.74) is 3.60. The first-order chi connectivity index (χ1) is 14.0. The average molecular weight is 388 g/mol. The van der Waals surface area contributed by atoms with Gasteiger partial charge in [-0.3, -0.25) is 9.69 Å². The third kappa shape index (κ3) is 3.75. The smallest absolute Gasteiger partial charge is 0.329 e. The molecule has 146 valence electrons. The second-order valence-corrected chi connectivity index (χ2v) is 6.72. The van der Waals surface area contributed by atoms with E-state index in [1.165, 1.54) is 4.90 Å². The first-order valence-corrected chi connectivity index (χ1v) is 9.12. The van der Waals surface area contributed by atoms with Crippen molar-refractivity contribution in [3.05, 3.63) is 83.6 Å². The maximum absolute atomic E-state index is 12.7. The predicted octanol–water partition coefficient (Wildman–Crippen LogP) is 3.28. The Bertz CT molecular complexity index is 1100. The number of ether oxygens (including phenoxy) is 1. The van der Waals surface area contributed by atoms with E-state index in [0.717, 1.165) is 22.5 Å². The third-order valence-electron chi connectivity index (χ3n) is 4.65. The standard InChI is InChI=1S/C22H20N4O3/c1-15-12-25(14-23-15)19-9-8-17(11-20(19)29-2)10-18-21(27)26(22(28)24-18)13-16-6-4-3-5-7-16/h3-12,14H,13H2,1-2H3,(H,24,28). The van der Waals surface area contributed by atoms with E-state index < -0.39 is 6.03 Å². The number of carbonyl (C=O) groups is 2. The molecule has 1 aliphatic rings. The van der Waals surface area contributed by atoms with Crippen LogP contribution in [0.2, 0.25) is 0 Å². The molecule has 0 spiro atoms. The number of aromatic nitrogens is 2. The molecule has 2 heterocycles. The second-order valence-electron chi connectivity index (χ2n) is 6.72. The van der Waals surface area contributed by atoms with E-state index in [-0.39, 0.29) is 18.1 Å². The number of amides is 3. The second kappa shape index (κ2) is 7.63. The lowest BCUT2D eigenvalue weighted by molar-refractivity contribution is -0.123. The van der Waals surface area contributed by atoms with Crippen LogP contribution in [-0.2, 0) is 11.3 Å². The van der Waals surface area contributed by atoms with Crippen LogP contribution in [-0.4, -0.2) is 33.5 Å². The molecule has 0 aliphatic carbocycles. The van der Waals surface area contributed by atoms with Crippen LogP contribution >= 0.6 is 0 Å². The van der Waals surface area contributed by atoms with Gasteiger partial charge in [0.2, 0.25) is 0 Å². The highest BCUT2D eigenvalue weighted by molar-refractivity contribution is 6.13. The summed E-state index contributed by atoms with van der Waals surface area (Å²) in [6.45, 7) is 2.14. The zero-order valence-electron chi connectivity index (χ0n) is 16.1. The molecule has 1 saturated heterocycles. The third-order valence-corrected chi connectivity index (χ3v) is 4.65. The van der Waals surface area contributed by atoms with Crippen LogP contribution in [0.3, 0.4) is 0 Å². The van der Waals surface area contributed by atoms with Gasteiger partial charge in [0, 0.05) is 6.20 Å². The summed E-state index contributed by atoms with van der Waals surface area (Å²) in [4.78, 5) is 30.4. The van der Waals surface area contributed by atoms with Crippen molar-refractivity contribution in [1.82, 2.24) is 19.8 Å². The van der Waals surface area contributed by atoms with Crippen LogP contribution in [0.5, 0.6) is 5.75 Å². The number of urea groups is 1. The fourth-order valence-corrected chi connectivity index (χ4v) is 3.20. The molecule has 4 rings (SSSR count). The van der Waals surface area contributed by atoms with E-state index in [1.807, 2.05) is 66.2 Å². The Kier molecular flexibility index (Phi) is 4.87. The van der Waals surface area contributed by atoms with Gasteiger partial charge in [-0.1, -0.05) is 36.4 Å². The van der Waals surface area contributed by atoms with E-state index in [0.29, 0.717) is 5.75 Å². The minimum absolute atomic E-state index is 0.227. The Balaban J connectivity index is 1.59. The van der Waals surface area contributed by atoms with Crippen molar-refractivity contribution in [2.45, 2.75) is 13.5 Å². The predicted molar refractivity (Wildman–Crippen MR) is 108 cm³/mol.